The third-order valence-corrected chi connectivity index (χ3v) is 9.86. The molecule has 4 rings (SSSR count). The molecule has 2 heterocycles. The van der Waals surface area contributed by atoms with Crippen LogP contribution in [0, 0.1) is 18.8 Å². The van der Waals surface area contributed by atoms with E-state index < -0.39 is 28.2 Å². The summed E-state index contributed by atoms with van der Waals surface area (Å²) in [5, 5.41) is 5.57. The highest BCUT2D eigenvalue weighted by atomic mass is 32.2. The minimum atomic E-state index is -4.16. The van der Waals surface area contributed by atoms with Gasteiger partial charge in [-0.15, -0.1) is 0 Å². The maximum Gasteiger partial charge on any atom is 0.389 e. The lowest BCUT2D eigenvalue weighted by molar-refractivity contribution is -0.146. The molecule has 2 N–H and O–H groups in total. The van der Waals surface area contributed by atoms with Gasteiger partial charge in [-0.1, -0.05) is 6.07 Å². The smallest absolute Gasteiger partial charge is 0.326 e. The number of rotatable bonds is 7. The number of carbonyl (C=O) groups is 2. The van der Waals surface area contributed by atoms with Crippen molar-refractivity contribution in [2.24, 2.45) is 16.8 Å². The number of hydrogen-bond donors (Lipinski definition) is 2. The van der Waals surface area contributed by atoms with E-state index in [1.54, 1.807) is 6.07 Å². The maximum atomic E-state index is 13.1. The number of aryl methyl sites for hydroxylation is 2. The molecule has 8 nitrogen and oxygen atoms in total. The van der Waals surface area contributed by atoms with E-state index in [9.17, 15) is 31.2 Å². The second kappa shape index (κ2) is 11.0. The van der Waals surface area contributed by atoms with Crippen LogP contribution >= 0.6 is 0 Å². The van der Waals surface area contributed by atoms with Crippen molar-refractivity contribution in [2.75, 3.05) is 24.2 Å². The fourth-order valence-electron chi connectivity index (χ4n) is 5.80. The number of anilines is 1. The number of halogens is 3. The number of amides is 2. The first-order chi connectivity index (χ1) is 17.8. The van der Waals surface area contributed by atoms with Gasteiger partial charge in [-0.2, -0.15) is 13.2 Å². The van der Waals surface area contributed by atoms with Crippen molar-refractivity contribution in [1.82, 2.24) is 9.62 Å². The predicted octanol–water partition coefficient (Wildman–Crippen LogP) is 3.95. The third kappa shape index (κ3) is 6.74. The molecule has 12 heteroatoms. The van der Waals surface area contributed by atoms with Crippen molar-refractivity contribution >= 4 is 33.4 Å². The number of nitrogens with zero attached hydrogens (tertiary/aromatic N) is 2. The first kappa shape index (κ1) is 28.5. The summed E-state index contributed by atoms with van der Waals surface area (Å²) in [7, 11) is -3.55. The molecule has 1 aliphatic carbocycles. The van der Waals surface area contributed by atoms with Gasteiger partial charge >= 0.3 is 6.18 Å². The number of amidine groups is 1. The monoisotopic (exact) mass is 556 g/mol. The lowest BCUT2D eigenvalue weighted by atomic mass is 9.80. The molecule has 2 aliphatic heterocycles. The van der Waals surface area contributed by atoms with Crippen LogP contribution in [0.5, 0.6) is 0 Å². The minimum Gasteiger partial charge on any atom is -0.326 e. The first-order valence-electron chi connectivity index (χ1n) is 13.1. The standard InChI is InChI=1S/C26H35F3N4O4S/c1-17-15-22(30-18(2)34)8-7-20(17)9-14-38(36,37)33-12-10-25(11-13-33)24(35)31-23(32-25)21-5-3-19(4-6-21)16-26(27,28)29/h7-8,15,19,21H,3-6,9-14,16H2,1-2H3,(H,30,34)(H,31,32,35). The van der Waals surface area contributed by atoms with Gasteiger partial charge in [0.1, 0.15) is 11.4 Å². The van der Waals surface area contributed by atoms with Crippen LogP contribution < -0.4 is 10.6 Å². The number of alkyl halides is 3. The Bertz CT molecular complexity index is 1200. The molecule has 1 saturated heterocycles. The number of piperidine rings is 1. The van der Waals surface area contributed by atoms with Crippen molar-refractivity contribution in [2.45, 2.75) is 76.9 Å². The van der Waals surface area contributed by atoms with Crippen LogP contribution in [0.2, 0.25) is 0 Å². The van der Waals surface area contributed by atoms with Gasteiger partial charge < -0.3 is 10.6 Å². The zero-order chi connectivity index (χ0) is 27.7. The van der Waals surface area contributed by atoms with Gasteiger partial charge in [0.05, 0.1) is 5.75 Å². The van der Waals surface area contributed by atoms with Gasteiger partial charge in [0.15, 0.2) is 0 Å². The molecule has 1 aromatic carbocycles. The number of carbonyl (C=O) groups excluding carboxylic acids is 2. The molecule has 1 saturated carbocycles. The average molecular weight is 557 g/mol. The van der Waals surface area contributed by atoms with E-state index in [1.807, 2.05) is 19.1 Å². The molecule has 0 atom stereocenters. The molecular weight excluding hydrogens is 521 g/mol. The van der Waals surface area contributed by atoms with Crippen molar-refractivity contribution in [3.63, 3.8) is 0 Å². The molecule has 3 aliphatic rings. The zero-order valence-electron chi connectivity index (χ0n) is 21.7. The molecule has 0 aromatic heterocycles. The fraction of sp³-hybridized carbons (Fsp3) is 0.654. The van der Waals surface area contributed by atoms with Crippen LogP contribution in [0.1, 0.15) is 63.0 Å². The van der Waals surface area contributed by atoms with Crippen molar-refractivity contribution < 1.29 is 31.2 Å². The van der Waals surface area contributed by atoms with Gasteiger partial charge in [-0.25, -0.2) is 12.7 Å². The Balaban J connectivity index is 1.32. The zero-order valence-corrected chi connectivity index (χ0v) is 22.6. The molecule has 1 aromatic rings. The van der Waals surface area contributed by atoms with Crippen LogP contribution in [0.4, 0.5) is 18.9 Å². The molecule has 2 fully saturated rings. The summed E-state index contributed by atoms with van der Waals surface area (Å²) in [6, 6.07) is 5.38. The summed E-state index contributed by atoms with van der Waals surface area (Å²) in [5.41, 5.74) is 1.43. The Labute approximate surface area is 221 Å². The van der Waals surface area contributed by atoms with E-state index in [0.717, 1.165) is 11.1 Å². The molecule has 2 amide bonds. The molecule has 210 valence electrons. The van der Waals surface area contributed by atoms with Crippen LogP contribution in [0.25, 0.3) is 0 Å². The normalized spacial score (nSPS) is 24.2. The summed E-state index contributed by atoms with van der Waals surface area (Å²) in [4.78, 5) is 28.8. The Morgan fingerprint density at radius 1 is 1.18 bits per heavy atom. The third-order valence-electron chi connectivity index (χ3n) is 7.99. The average Bonchev–Trinajstić information content (AvgIpc) is 3.13. The van der Waals surface area contributed by atoms with Crippen LogP contribution in [-0.2, 0) is 26.0 Å². The van der Waals surface area contributed by atoms with Crippen LogP contribution in [0.3, 0.4) is 0 Å². The summed E-state index contributed by atoms with van der Waals surface area (Å²) in [6.07, 6.45) is -2.04. The van der Waals surface area contributed by atoms with E-state index in [4.69, 9.17) is 4.99 Å². The summed E-state index contributed by atoms with van der Waals surface area (Å²) in [5.74, 6) is -0.382. The Morgan fingerprint density at radius 2 is 1.84 bits per heavy atom. The minimum absolute atomic E-state index is 0.0650. The summed E-state index contributed by atoms with van der Waals surface area (Å²) >= 11 is 0. The van der Waals surface area contributed by atoms with E-state index in [-0.39, 0.29) is 55.3 Å². The molecular formula is C26H35F3N4O4S. The van der Waals surface area contributed by atoms with E-state index in [0.29, 0.717) is 43.6 Å². The largest absolute Gasteiger partial charge is 0.389 e. The Morgan fingerprint density at radius 3 is 2.42 bits per heavy atom. The number of nitrogens with one attached hydrogen (secondary N) is 2. The summed E-state index contributed by atoms with van der Waals surface area (Å²) < 4.78 is 65.7. The Hall–Kier alpha value is -2.47. The second-order valence-electron chi connectivity index (χ2n) is 10.8. The number of hydrogen-bond acceptors (Lipinski definition) is 5. The van der Waals surface area contributed by atoms with Gasteiger partial charge in [-0.05, 0) is 81.0 Å². The Kier molecular flexibility index (Phi) is 8.23. The molecule has 0 radical (unpaired) electrons. The van der Waals surface area contributed by atoms with Gasteiger partial charge in [0, 0.05) is 38.0 Å². The summed E-state index contributed by atoms with van der Waals surface area (Å²) in [6.45, 7) is 3.67. The van der Waals surface area contributed by atoms with Gasteiger partial charge in [0.25, 0.3) is 5.91 Å². The van der Waals surface area contributed by atoms with Crippen molar-refractivity contribution in [3.8, 4) is 0 Å². The van der Waals surface area contributed by atoms with E-state index in [1.165, 1.54) is 11.2 Å². The van der Waals surface area contributed by atoms with Crippen molar-refractivity contribution in [3.05, 3.63) is 29.3 Å². The lowest BCUT2D eigenvalue weighted by Gasteiger charge is -2.34. The molecule has 0 bridgehead atoms. The lowest BCUT2D eigenvalue weighted by Crippen LogP contribution is -2.51. The maximum absolute atomic E-state index is 13.1. The van der Waals surface area contributed by atoms with Crippen LogP contribution in [0.15, 0.2) is 23.2 Å². The highest BCUT2D eigenvalue weighted by Crippen LogP contribution is 2.39. The van der Waals surface area contributed by atoms with Crippen molar-refractivity contribution in [1.29, 1.82) is 0 Å². The van der Waals surface area contributed by atoms with Crippen LogP contribution in [-0.4, -0.2) is 60.9 Å². The molecule has 1 spiro atoms. The predicted molar refractivity (Wildman–Crippen MR) is 138 cm³/mol. The highest BCUT2D eigenvalue weighted by molar-refractivity contribution is 7.89. The SMILES string of the molecule is CC(=O)Nc1ccc(CCS(=O)(=O)N2CCC3(CC2)N=C(C2CCC(CC(F)(F)F)CC2)NC3=O)c(C)c1. The quantitative estimate of drug-likeness (QED) is 0.530. The van der Waals surface area contributed by atoms with E-state index in [2.05, 4.69) is 10.6 Å². The molecule has 38 heavy (non-hydrogen) atoms. The highest BCUT2D eigenvalue weighted by Gasteiger charge is 2.48. The fourth-order valence-corrected chi connectivity index (χ4v) is 7.28. The van der Waals surface area contributed by atoms with E-state index >= 15 is 0 Å². The van der Waals surface area contributed by atoms with Gasteiger partial charge in [0.2, 0.25) is 15.9 Å². The second-order valence-corrected chi connectivity index (χ2v) is 12.9. The number of sulfonamides is 1. The van der Waals surface area contributed by atoms with Gasteiger partial charge in [-0.3, -0.25) is 14.6 Å². The molecule has 0 unspecified atom stereocenters. The first-order valence-corrected chi connectivity index (χ1v) is 14.7. The number of benzene rings is 1. The number of aliphatic imine (C=N–C) groups is 1. The topological polar surface area (TPSA) is 108 Å².